The normalized spacial score (nSPS) is 34.4. The number of hydrogen-bond donors (Lipinski definition) is 4. The Morgan fingerprint density at radius 2 is 1.87 bits per heavy atom. The van der Waals surface area contributed by atoms with Gasteiger partial charge in [0.2, 0.25) is 11.8 Å². The van der Waals surface area contributed by atoms with Crippen molar-refractivity contribution in [3.63, 3.8) is 0 Å². The van der Waals surface area contributed by atoms with Gasteiger partial charge in [-0.1, -0.05) is 30.3 Å². The molecule has 1 spiro atoms. The number of nitrogens with zero attached hydrogens (tertiary/aromatic N) is 5. The Labute approximate surface area is 219 Å². The van der Waals surface area contributed by atoms with Gasteiger partial charge in [-0.25, -0.2) is 14.8 Å². The molecule has 13 nitrogen and oxygen atoms in total. The van der Waals surface area contributed by atoms with Crippen LogP contribution in [-0.2, 0) is 14.3 Å². The molecule has 202 valence electrons. The van der Waals surface area contributed by atoms with E-state index in [-0.39, 0.29) is 55.7 Å². The van der Waals surface area contributed by atoms with Crippen LogP contribution in [0.25, 0.3) is 0 Å². The highest BCUT2D eigenvalue weighted by atomic mass is 16.6. The molecule has 0 aliphatic carbocycles. The van der Waals surface area contributed by atoms with Crippen LogP contribution in [0.5, 0.6) is 0 Å². The second kappa shape index (κ2) is 9.15. The average Bonchev–Trinajstić information content (AvgIpc) is 3.53. The molecule has 6 atom stereocenters. The van der Waals surface area contributed by atoms with E-state index in [1.165, 1.54) is 0 Å². The summed E-state index contributed by atoms with van der Waals surface area (Å²) in [5.74, 6) is -0.409. The molecule has 0 saturated carbocycles. The highest BCUT2D eigenvalue weighted by Crippen LogP contribution is 2.42. The van der Waals surface area contributed by atoms with Crippen molar-refractivity contribution in [3.8, 4) is 0 Å². The second-order valence-corrected chi connectivity index (χ2v) is 10.5. The van der Waals surface area contributed by atoms with Crippen molar-refractivity contribution in [2.24, 2.45) is 21.5 Å². The average molecular weight is 525 g/mol. The molecule has 38 heavy (non-hydrogen) atoms. The summed E-state index contributed by atoms with van der Waals surface area (Å²) in [6.45, 7) is 0.601. The fourth-order valence-electron chi connectivity index (χ4n) is 6.51. The molecule has 5 aliphatic heterocycles. The third-order valence-corrected chi connectivity index (χ3v) is 8.31. The van der Waals surface area contributed by atoms with Gasteiger partial charge < -0.3 is 36.4 Å². The lowest BCUT2D eigenvalue weighted by Crippen LogP contribution is -2.73. The van der Waals surface area contributed by atoms with Crippen LogP contribution in [-0.4, -0.2) is 99.2 Å². The van der Waals surface area contributed by atoms with Crippen LogP contribution in [0.15, 0.2) is 40.3 Å². The Bertz CT molecular complexity index is 1190. The van der Waals surface area contributed by atoms with Gasteiger partial charge in [-0.2, -0.15) is 0 Å². The summed E-state index contributed by atoms with van der Waals surface area (Å²) in [6.07, 6.45) is 0.279. The molecule has 3 fully saturated rings. The quantitative estimate of drug-likeness (QED) is 0.368. The number of carbonyl (C=O) groups excluding carboxylic acids is 3. The maximum atomic E-state index is 13.4. The molecule has 1 aromatic rings. The number of guanidine groups is 2. The molecule has 3 amide bonds. The van der Waals surface area contributed by atoms with Crippen LogP contribution in [0.2, 0.25) is 0 Å². The number of piperidine rings is 1. The van der Waals surface area contributed by atoms with E-state index in [4.69, 9.17) is 16.2 Å². The van der Waals surface area contributed by atoms with E-state index < -0.39 is 36.0 Å². The van der Waals surface area contributed by atoms with Gasteiger partial charge in [-0.3, -0.25) is 14.5 Å². The van der Waals surface area contributed by atoms with Gasteiger partial charge in [-0.15, -0.1) is 0 Å². The summed E-state index contributed by atoms with van der Waals surface area (Å²) >= 11 is 0. The molecule has 0 bridgehead atoms. The van der Waals surface area contributed by atoms with Crippen LogP contribution in [0, 0.1) is 0 Å². The van der Waals surface area contributed by atoms with E-state index in [9.17, 15) is 19.5 Å². The Balaban J connectivity index is 1.24. The lowest BCUT2D eigenvalue weighted by Gasteiger charge is -2.46. The van der Waals surface area contributed by atoms with Crippen molar-refractivity contribution in [3.05, 3.63) is 35.9 Å². The van der Waals surface area contributed by atoms with E-state index in [1.54, 1.807) is 9.80 Å². The van der Waals surface area contributed by atoms with E-state index in [0.717, 1.165) is 29.7 Å². The Morgan fingerprint density at radius 3 is 2.61 bits per heavy atom. The number of imide groups is 1. The molecule has 13 heteroatoms. The summed E-state index contributed by atoms with van der Waals surface area (Å²) in [5.41, 5.74) is 12.1. The zero-order valence-electron chi connectivity index (χ0n) is 20.9. The number of ether oxygens (including phenoxy) is 1. The standard InChI is InChI=1S/C25H32N8O5/c26-22-29-20-15(12-32-18(34)9-10-19(32)35)28-23(27)33-13-17(21(36)25(20,33)30-22)38-24(37)31-11-5-4-8-16(31)14-6-2-1-3-7-14/h1-3,6-7,15-17,20-21,36H,4-5,8-13H2,(H2,27,28)(H3,26,29,30)/t15-,16?,17-,20?,21?,25?/m0/s1. The van der Waals surface area contributed by atoms with Crippen LogP contribution in [0.1, 0.15) is 43.7 Å². The molecule has 6 N–H and O–H groups in total. The van der Waals surface area contributed by atoms with Crippen LogP contribution < -0.4 is 16.8 Å². The first-order chi connectivity index (χ1) is 18.3. The van der Waals surface area contributed by atoms with Crippen LogP contribution in [0.3, 0.4) is 0 Å². The number of aliphatic imine (C=N–C) groups is 2. The van der Waals surface area contributed by atoms with Gasteiger partial charge in [-0.05, 0) is 24.8 Å². The summed E-state index contributed by atoms with van der Waals surface area (Å²) in [6, 6.07) is 8.24. The van der Waals surface area contributed by atoms with Crippen molar-refractivity contribution in [1.82, 2.24) is 20.0 Å². The van der Waals surface area contributed by atoms with Crippen molar-refractivity contribution >= 4 is 29.8 Å². The van der Waals surface area contributed by atoms with Gasteiger partial charge in [0.05, 0.1) is 25.2 Å². The SMILES string of the molecule is NC1=NC2[C@H](CN3C(=O)CCC3=O)N=C(N)N3C[C@H](OC(=O)N4CCCCC4c4ccccc4)C(O)C23N1. The van der Waals surface area contributed by atoms with Crippen LogP contribution >= 0.6 is 0 Å². The summed E-state index contributed by atoms with van der Waals surface area (Å²) in [7, 11) is 0. The minimum atomic E-state index is -1.32. The molecular weight excluding hydrogens is 492 g/mol. The number of aliphatic hydroxyl groups excluding tert-OH is 1. The zero-order valence-corrected chi connectivity index (χ0v) is 20.9. The summed E-state index contributed by atoms with van der Waals surface area (Å²) < 4.78 is 5.93. The molecular formula is C25H32N8O5. The second-order valence-electron chi connectivity index (χ2n) is 10.5. The number of benzene rings is 1. The molecule has 0 radical (unpaired) electrons. The number of aliphatic hydroxyl groups is 1. The largest absolute Gasteiger partial charge is 0.441 e. The Kier molecular flexibility index (Phi) is 5.89. The maximum absolute atomic E-state index is 13.4. The number of rotatable bonds is 4. The number of nitrogens with one attached hydrogen (secondary N) is 1. The van der Waals surface area contributed by atoms with Crippen molar-refractivity contribution in [1.29, 1.82) is 0 Å². The molecule has 3 saturated heterocycles. The van der Waals surface area contributed by atoms with Gasteiger partial charge in [0.15, 0.2) is 23.7 Å². The zero-order chi connectivity index (χ0) is 26.6. The topological polar surface area (TPSA) is 179 Å². The maximum Gasteiger partial charge on any atom is 0.410 e. The highest BCUT2D eigenvalue weighted by molar-refractivity contribution is 6.02. The van der Waals surface area contributed by atoms with Gasteiger partial charge in [0, 0.05) is 19.4 Å². The lowest BCUT2D eigenvalue weighted by atomic mass is 9.88. The minimum Gasteiger partial charge on any atom is -0.441 e. The number of likely N-dealkylation sites (tertiary alicyclic amines) is 2. The first-order valence-corrected chi connectivity index (χ1v) is 13.1. The third kappa shape index (κ3) is 3.75. The van der Waals surface area contributed by atoms with Crippen molar-refractivity contribution in [2.45, 2.75) is 68.1 Å². The molecule has 6 rings (SSSR count). The van der Waals surface area contributed by atoms with Crippen molar-refractivity contribution < 1.29 is 24.2 Å². The Morgan fingerprint density at radius 1 is 1.13 bits per heavy atom. The van der Waals surface area contributed by atoms with Gasteiger partial charge >= 0.3 is 6.09 Å². The predicted molar refractivity (Wildman–Crippen MR) is 135 cm³/mol. The van der Waals surface area contributed by atoms with E-state index >= 15 is 0 Å². The molecule has 5 heterocycles. The number of hydrogen-bond acceptors (Lipinski definition) is 11. The number of nitrogens with two attached hydrogens (primary N) is 2. The van der Waals surface area contributed by atoms with E-state index in [1.807, 2.05) is 30.3 Å². The lowest BCUT2D eigenvalue weighted by molar-refractivity contribution is -0.139. The number of amides is 3. The monoisotopic (exact) mass is 524 g/mol. The minimum absolute atomic E-state index is 0.0270. The van der Waals surface area contributed by atoms with Crippen LogP contribution in [0.4, 0.5) is 4.79 Å². The van der Waals surface area contributed by atoms with Gasteiger partial charge in [0.1, 0.15) is 12.1 Å². The smallest absolute Gasteiger partial charge is 0.410 e. The Hall–Kier alpha value is -3.87. The molecule has 0 aromatic heterocycles. The number of carbonyl (C=O) groups is 3. The fourth-order valence-corrected chi connectivity index (χ4v) is 6.51. The first-order valence-electron chi connectivity index (χ1n) is 13.1. The molecule has 5 aliphatic rings. The van der Waals surface area contributed by atoms with Crippen molar-refractivity contribution in [2.75, 3.05) is 19.6 Å². The molecule has 1 aromatic carbocycles. The first kappa shape index (κ1) is 24.5. The fraction of sp³-hybridized carbons (Fsp3) is 0.560. The summed E-state index contributed by atoms with van der Waals surface area (Å²) in [5, 5.41) is 14.7. The highest BCUT2D eigenvalue weighted by Gasteiger charge is 2.66. The third-order valence-electron chi connectivity index (χ3n) is 8.31. The van der Waals surface area contributed by atoms with E-state index in [2.05, 4.69) is 15.3 Å². The van der Waals surface area contributed by atoms with E-state index in [0.29, 0.717) is 6.54 Å². The predicted octanol–water partition coefficient (Wildman–Crippen LogP) is -0.776. The van der Waals surface area contributed by atoms with Gasteiger partial charge in [0.25, 0.3) is 0 Å². The molecule has 4 unspecified atom stereocenters. The summed E-state index contributed by atoms with van der Waals surface area (Å²) in [4.78, 5) is 51.5.